The number of rotatable bonds is 3. The van der Waals surface area contributed by atoms with E-state index in [1.807, 2.05) is 18.2 Å². The molecular formula is C15H12FN3O. The lowest BCUT2D eigenvalue weighted by Gasteiger charge is -2.08. The van der Waals surface area contributed by atoms with Crippen molar-refractivity contribution in [2.75, 3.05) is 5.32 Å². The Morgan fingerprint density at radius 1 is 1.20 bits per heavy atom. The fourth-order valence-corrected chi connectivity index (χ4v) is 2.00. The molecule has 0 spiro atoms. The summed E-state index contributed by atoms with van der Waals surface area (Å²) < 4.78 is 13.9. The van der Waals surface area contributed by atoms with E-state index in [4.69, 9.17) is 0 Å². The number of anilines is 1. The van der Waals surface area contributed by atoms with Crippen molar-refractivity contribution in [1.82, 2.24) is 9.97 Å². The number of halogens is 1. The van der Waals surface area contributed by atoms with E-state index in [1.165, 1.54) is 12.1 Å². The summed E-state index contributed by atoms with van der Waals surface area (Å²) in [6, 6.07) is 11.5. The Morgan fingerprint density at radius 2 is 2.10 bits per heavy atom. The number of aromatic nitrogens is 2. The molecule has 2 heterocycles. The van der Waals surface area contributed by atoms with Crippen molar-refractivity contribution in [3.63, 3.8) is 0 Å². The van der Waals surface area contributed by atoms with E-state index in [9.17, 15) is 9.18 Å². The zero-order valence-electron chi connectivity index (χ0n) is 10.6. The largest absolute Gasteiger partial charge is 0.377 e. The van der Waals surface area contributed by atoms with Gasteiger partial charge in [-0.2, -0.15) is 0 Å². The summed E-state index contributed by atoms with van der Waals surface area (Å²) >= 11 is 0. The van der Waals surface area contributed by atoms with Gasteiger partial charge in [0.1, 0.15) is 5.82 Å². The van der Waals surface area contributed by atoms with Crippen molar-refractivity contribution in [3.8, 4) is 0 Å². The number of fused-ring (bicyclic) bond motifs is 1. The van der Waals surface area contributed by atoms with Gasteiger partial charge < -0.3 is 10.3 Å². The monoisotopic (exact) mass is 269 g/mol. The Kier molecular flexibility index (Phi) is 3.16. The van der Waals surface area contributed by atoms with Gasteiger partial charge in [0.25, 0.3) is 0 Å². The molecule has 1 aromatic carbocycles. The Labute approximate surface area is 114 Å². The minimum absolute atomic E-state index is 0.209. The molecule has 0 amide bonds. The molecular weight excluding hydrogens is 257 g/mol. The molecule has 0 saturated carbocycles. The van der Waals surface area contributed by atoms with Crippen LogP contribution in [0.5, 0.6) is 0 Å². The zero-order chi connectivity index (χ0) is 13.9. The van der Waals surface area contributed by atoms with E-state index < -0.39 is 0 Å². The minimum atomic E-state index is -0.361. The van der Waals surface area contributed by atoms with E-state index in [2.05, 4.69) is 15.3 Å². The predicted molar refractivity (Wildman–Crippen MR) is 76.1 cm³/mol. The summed E-state index contributed by atoms with van der Waals surface area (Å²) in [6.45, 7) is 0.417. The van der Waals surface area contributed by atoms with Gasteiger partial charge in [-0.15, -0.1) is 0 Å². The van der Waals surface area contributed by atoms with E-state index in [1.54, 1.807) is 18.3 Å². The van der Waals surface area contributed by atoms with Crippen LogP contribution in [0.15, 0.2) is 53.5 Å². The highest BCUT2D eigenvalue weighted by Gasteiger charge is 2.05. The molecule has 5 heteroatoms. The summed E-state index contributed by atoms with van der Waals surface area (Å²) in [7, 11) is 0. The van der Waals surface area contributed by atoms with Gasteiger partial charge in [0.05, 0.1) is 23.4 Å². The molecule has 20 heavy (non-hydrogen) atoms. The van der Waals surface area contributed by atoms with Gasteiger partial charge in [-0.1, -0.05) is 6.07 Å². The summed E-state index contributed by atoms with van der Waals surface area (Å²) in [4.78, 5) is 18.1. The molecule has 0 aliphatic heterocycles. The summed E-state index contributed by atoms with van der Waals surface area (Å²) in [6.07, 6.45) is 1.69. The first-order valence-electron chi connectivity index (χ1n) is 6.19. The molecule has 0 saturated heterocycles. The van der Waals surface area contributed by atoms with Crippen molar-refractivity contribution in [3.05, 3.63) is 70.5 Å². The highest BCUT2D eigenvalue weighted by molar-refractivity contribution is 5.82. The molecule has 0 radical (unpaired) electrons. The van der Waals surface area contributed by atoms with Gasteiger partial charge >= 0.3 is 0 Å². The van der Waals surface area contributed by atoms with E-state index >= 15 is 0 Å². The van der Waals surface area contributed by atoms with Crippen molar-refractivity contribution in [1.29, 1.82) is 0 Å². The van der Waals surface area contributed by atoms with Crippen LogP contribution in [0, 0.1) is 5.82 Å². The van der Waals surface area contributed by atoms with Gasteiger partial charge in [0, 0.05) is 17.6 Å². The molecule has 2 aromatic heterocycles. The highest BCUT2D eigenvalue weighted by atomic mass is 19.1. The maximum Gasteiger partial charge on any atom is 0.248 e. The van der Waals surface area contributed by atoms with E-state index in [0.717, 1.165) is 5.69 Å². The van der Waals surface area contributed by atoms with Gasteiger partial charge in [-0.3, -0.25) is 9.78 Å². The highest BCUT2D eigenvalue weighted by Crippen LogP contribution is 2.21. The molecule has 0 fully saturated rings. The standard InChI is InChI=1S/C15H12FN3O/c16-12-7-10-4-5-15(20)19-13(10)8-14(12)18-9-11-3-1-2-6-17-11/h1-8,18H,9H2,(H,19,20). The van der Waals surface area contributed by atoms with Gasteiger partial charge in [-0.25, -0.2) is 4.39 Å². The Morgan fingerprint density at radius 3 is 2.90 bits per heavy atom. The maximum absolute atomic E-state index is 13.9. The second-order valence-corrected chi connectivity index (χ2v) is 4.42. The number of pyridine rings is 2. The van der Waals surface area contributed by atoms with Crippen LogP contribution in [0.4, 0.5) is 10.1 Å². The first-order chi connectivity index (χ1) is 9.72. The average molecular weight is 269 g/mol. The number of hydrogen-bond donors (Lipinski definition) is 2. The first-order valence-corrected chi connectivity index (χ1v) is 6.19. The number of hydrogen-bond acceptors (Lipinski definition) is 3. The van der Waals surface area contributed by atoms with Crippen molar-refractivity contribution in [2.45, 2.75) is 6.54 Å². The molecule has 0 atom stereocenters. The van der Waals surface area contributed by atoms with Gasteiger partial charge in [0.2, 0.25) is 5.56 Å². The van der Waals surface area contributed by atoms with Crippen molar-refractivity contribution < 1.29 is 4.39 Å². The number of benzene rings is 1. The van der Waals surface area contributed by atoms with Crippen LogP contribution in [0.3, 0.4) is 0 Å². The predicted octanol–water partition coefficient (Wildman–Crippen LogP) is 2.67. The first kappa shape index (κ1) is 12.3. The van der Waals surface area contributed by atoms with Crippen LogP contribution in [0.2, 0.25) is 0 Å². The third-order valence-corrected chi connectivity index (χ3v) is 3.00. The number of nitrogens with zero attached hydrogens (tertiary/aromatic N) is 1. The van der Waals surface area contributed by atoms with Crippen LogP contribution < -0.4 is 10.9 Å². The average Bonchev–Trinajstić information content (AvgIpc) is 2.46. The van der Waals surface area contributed by atoms with Crippen LogP contribution >= 0.6 is 0 Å². The number of aromatic amines is 1. The lowest BCUT2D eigenvalue weighted by atomic mass is 10.2. The molecule has 0 unspecified atom stereocenters. The third-order valence-electron chi connectivity index (χ3n) is 3.00. The lowest BCUT2D eigenvalue weighted by molar-refractivity contribution is 0.631. The molecule has 2 N–H and O–H groups in total. The number of H-pyrrole nitrogens is 1. The Hall–Kier alpha value is -2.69. The third kappa shape index (κ3) is 2.51. The summed E-state index contributed by atoms with van der Waals surface area (Å²) in [5.74, 6) is -0.361. The molecule has 4 nitrogen and oxygen atoms in total. The van der Waals surface area contributed by atoms with Crippen LogP contribution in [0.1, 0.15) is 5.69 Å². The topological polar surface area (TPSA) is 57.8 Å². The molecule has 3 aromatic rings. The second-order valence-electron chi connectivity index (χ2n) is 4.42. The second kappa shape index (κ2) is 5.13. The van der Waals surface area contributed by atoms with Crippen molar-refractivity contribution >= 4 is 16.6 Å². The van der Waals surface area contributed by atoms with E-state index in [0.29, 0.717) is 23.1 Å². The lowest BCUT2D eigenvalue weighted by Crippen LogP contribution is -2.05. The van der Waals surface area contributed by atoms with Gasteiger partial charge in [0.15, 0.2) is 0 Å². The quantitative estimate of drug-likeness (QED) is 0.768. The maximum atomic E-state index is 13.9. The fraction of sp³-hybridized carbons (Fsp3) is 0.0667. The molecule has 100 valence electrons. The minimum Gasteiger partial charge on any atom is -0.377 e. The van der Waals surface area contributed by atoms with E-state index in [-0.39, 0.29) is 11.4 Å². The smallest absolute Gasteiger partial charge is 0.248 e. The Bertz CT molecular complexity index is 799. The van der Waals surface area contributed by atoms with Crippen LogP contribution in [0.25, 0.3) is 10.9 Å². The van der Waals surface area contributed by atoms with Crippen LogP contribution in [-0.2, 0) is 6.54 Å². The normalized spacial score (nSPS) is 10.7. The van der Waals surface area contributed by atoms with Crippen molar-refractivity contribution in [2.24, 2.45) is 0 Å². The molecule has 0 aliphatic carbocycles. The SMILES string of the molecule is O=c1ccc2cc(F)c(NCc3ccccn3)cc2[nH]1. The zero-order valence-corrected chi connectivity index (χ0v) is 10.6. The molecule has 3 rings (SSSR count). The fourth-order valence-electron chi connectivity index (χ4n) is 2.00. The number of nitrogens with one attached hydrogen (secondary N) is 2. The van der Waals surface area contributed by atoms with Crippen LogP contribution in [-0.4, -0.2) is 9.97 Å². The molecule has 0 aliphatic rings. The summed E-state index contributed by atoms with van der Waals surface area (Å²) in [5.41, 5.74) is 1.54. The summed E-state index contributed by atoms with van der Waals surface area (Å²) in [5, 5.41) is 3.64. The Balaban J connectivity index is 1.91. The molecule has 0 bridgehead atoms. The van der Waals surface area contributed by atoms with Gasteiger partial charge in [-0.05, 0) is 30.3 Å².